The maximum absolute atomic E-state index is 13.2. The average Bonchev–Trinajstić information content (AvgIpc) is 3.21. The molecule has 0 saturated heterocycles. The van der Waals surface area contributed by atoms with Crippen molar-refractivity contribution in [2.75, 3.05) is 10.6 Å². The molecule has 0 unspecified atom stereocenters. The second-order valence-corrected chi connectivity index (χ2v) is 7.49. The molecule has 146 valence electrons. The van der Waals surface area contributed by atoms with Gasteiger partial charge in [-0.05, 0) is 36.8 Å². The molecule has 0 saturated carbocycles. The molecule has 2 heterocycles. The number of halogens is 4. The summed E-state index contributed by atoms with van der Waals surface area (Å²) >= 11 is 1.60. The normalized spacial score (nSPS) is 11.3. The maximum atomic E-state index is 13.2. The molecule has 2 N–H and O–H groups in total. The van der Waals surface area contributed by atoms with Crippen LogP contribution in [-0.4, -0.2) is 16.8 Å². The van der Waals surface area contributed by atoms with Crippen LogP contribution in [0.4, 0.5) is 27.7 Å². The van der Waals surface area contributed by atoms with Crippen molar-refractivity contribution in [2.24, 2.45) is 0 Å². The molecule has 2 amide bonds. The smallest absolute Gasteiger partial charge is 0.314 e. The van der Waals surface area contributed by atoms with Gasteiger partial charge in [-0.3, -0.25) is 14.9 Å². The molecule has 1 aromatic carbocycles. The van der Waals surface area contributed by atoms with Gasteiger partial charge in [0.15, 0.2) is 10.8 Å². The fourth-order valence-electron chi connectivity index (χ4n) is 2.20. The first-order valence-electron chi connectivity index (χ1n) is 7.65. The number of thiophene rings is 1. The largest absolute Gasteiger partial charge is 0.434 e. The van der Waals surface area contributed by atoms with Crippen LogP contribution < -0.4 is 10.6 Å². The topological polar surface area (TPSA) is 71.1 Å². The molecule has 0 radical (unpaired) electrons. The highest BCUT2D eigenvalue weighted by molar-refractivity contribution is 7.18. The highest BCUT2D eigenvalue weighted by atomic mass is 32.1. The molecule has 3 aromatic rings. The summed E-state index contributed by atoms with van der Waals surface area (Å²) in [5.74, 6) is -1.75. The van der Waals surface area contributed by atoms with Gasteiger partial charge in [0, 0.05) is 10.9 Å². The summed E-state index contributed by atoms with van der Waals surface area (Å²) in [6.45, 7) is 1.62. The molecule has 0 spiro atoms. The zero-order valence-electron chi connectivity index (χ0n) is 14.1. The Morgan fingerprint density at radius 1 is 1.11 bits per heavy atom. The summed E-state index contributed by atoms with van der Waals surface area (Å²) in [6.07, 6.45) is -4.59. The van der Waals surface area contributed by atoms with Gasteiger partial charge in [0.25, 0.3) is 11.8 Å². The minimum atomic E-state index is -4.59. The molecule has 0 bridgehead atoms. The standard InChI is InChI=1S/C17H11F4N3O2S2/c1-8-5-12(23-14(25)9-3-2-4-10(18)6-9)28-13(8)15(26)24-16-22-11(7-27-16)17(19,20)21/h2-7H,1H3,(H,23,25)(H,22,24,26). The predicted molar refractivity (Wildman–Crippen MR) is 98.5 cm³/mol. The predicted octanol–water partition coefficient (Wildman–Crippen LogP) is 5.18. The first-order chi connectivity index (χ1) is 13.1. The fraction of sp³-hybridized carbons (Fsp3) is 0.118. The van der Waals surface area contributed by atoms with Crippen LogP contribution in [-0.2, 0) is 6.18 Å². The van der Waals surface area contributed by atoms with Gasteiger partial charge >= 0.3 is 6.18 Å². The molecule has 11 heteroatoms. The van der Waals surface area contributed by atoms with Crippen LogP contribution in [0, 0.1) is 12.7 Å². The number of benzene rings is 1. The summed E-state index contributed by atoms with van der Waals surface area (Å²) in [7, 11) is 0. The third-order valence-corrected chi connectivity index (χ3v) is 5.37. The van der Waals surface area contributed by atoms with Crippen molar-refractivity contribution in [3.05, 3.63) is 63.2 Å². The number of rotatable bonds is 4. The van der Waals surface area contributed by atoms with E-state index in [2.05, 4.69) is 15.6 Å². The molecule has 0 atom stereocenters. The van der Waals surface area contributed by atoms with Crippen LogP contribution in [0.1, 0.15) is 31.3 Å². The van der Waals surface area contributed by atoms with Crippen molar-refractivity contribution in [1.82, 2.24) is 4.98 Å². The Morgan fingerprint density at radius 2 is 1.86 bits per heavy atom. The Morgan fingerprint density at radius 3 is 2.50 bits per heavy atom. The lowest BCUT2D eigenvalue weighted by molar-refractivity contribution is -0.140. The van der Waals surface area contributed by atoms with E-state index in [0.29, 0.717) is 21.9 Å². The van der Waals surface area contributed by atoms with Crippen molar-refractivity contribution in [1.29, 1.82) is 0 Å². The van der Waals surface area contributed by atoms with Crippen molar-refractivity contribution >= 4 is 44.6 Å². The van der Waals surface area contributed by atoms with Crippen LogP contribution in [0.3, 0.4) is 0 Å². The molecule has 0 aliphatic heterocycles. The van der Waals surface area contributed by atoms with Gasteiger partial charge in [0.1, 0.15) is 5.82 Å². The number of anilines is 2. The zero-order chi connectivity index (χ0) is 20.5. The first kappa shape index (κ1) is 20.0. The lowest BCUT2D eigenvalue weighted by atomic mass is 10.2. The van der Waals surface area contributed by atoms with Gasteiger partial charge in [0.2, 0.25) is 0 Å². The van der Waals surface area contributed by atoms with Gasteiger partial charge < -0.3 is 5.32 Å². The van der Waals surface area contributed by atoms with E-state index in [4.69, 9.17) is 0 Å². The minimum absolute atomic E-state index is 0.111. The number of amides is 2. The molecule has 3 rings (SSSR count). The van der Waals surface area contributed by atoms with Crippen LogP contribution in [0.25, 0.3) is 0 Å². The van der Waals surface area contributed by atoms with E-state index in [-0.39, 0.29) is 15.6 Å². The Kier molecular flexibility index (Phi) is 5.47. The fourth-order valence-corrected chi connectivity index (χ4v) is 3.87. The van der Waals surface area contributed by atoms with E-state index in [0.717, 1.165) is 22.8 Å². The van der Waals surface area contributed by atoms with E-state index < -0.39 is 29.5 Å². The second kappa shape index (κ2) is 7.68. The van der Waals surface area contributed by atoms with E-state index in [1.807, 2.05) is 0 Å². The van der Waals surface area contributed by atoms with E-state index in [1.54, 1.807) is 13.0 Å². The molecule has 28 heavy (non-hydrogen) atoms. The minimum Gasteiger partial charge on any atom is -0.314 e. The van der Waals surface area contributed by atoms with Gasteiger partial charge in [-0.25, -0.2) is 9.37 Å². The average molecular weight is 429 g/mol. The summed E-state index contributed by atoms with van der Waals surface area (Å²) < 4.78 is 51.0. The van der Waals surface area contributed by atoms with Gasteiger partial charge in [0.05, 0.1) is 9.88 Å². The molecular weight excluding hydrogens is 418 g/mol. The van der Waals surface area contributed by atoms with E-state index in [9.17, 15) is 27.2 Å². The number of carbonyl (C=O) groups excluding carboxylic acids is 2. The molecular formula is C17H11F4N3O2S2. The van der Waals surface area contributed by atoms with Crippen molar-refractivity contribution < 1.29 is 27.2 Å². The van der Waals surface area contributed by atoms with E-state index >= 15 is 0 Å². The lowest BCUT2D eigenvalue weighted by Gasteiger charge is -2.02. The van der Waals surface area contributed by atoms with Crippen LogP contribution in [0.2, 0.25) is 0 Å². The maximum Gasteiger partial charge on any atom is 0.434 e. The number of aryl methyl sites for hydroxylation is 1. The second-order valence-electron chi connectivity index (χ2n) is 5.58. The summed E-state index contributed by atoms with van der Waals surface area (Å²) in [5.41, 5.74) is -0.456. The van der Waals surface area contributed by atoms with E-state index in [1.165, 1.54) is 18.2 Å². The Labute approximate surface area is 164 Å². The molecule has 2 aromatic heterocycles. The summed E-state index contributed by atoms with van der Waals surface area (Å²) in [4.78, 5) is 28.0. The van der Waals surface area contributed by atoms with Gasteiger partial charge in [-0.2, -0.15) is 13.2 Å². The van der Waals surface area contributed by atoms with Crippen LogP contribution in [0.15, 0.2) is 35.7 Å². The van der Waals surface area contributed by atoms with Gasteiger partial charge in [-0.1, -0.05) is 6.07 Å². The molecule has 0 aliphatic rings. The Bertz CT molecular complexity index is 1040. The first-order valence-corrected chi connectivity index (χ1v) is 9.34. The molecule has 0 aliphatic carbocycles. The third-order valence-electron chi connectivity index (χ3n) is 3.46. The SMILES string of the molecule is Cc1cc(NC(=O)c2cccc(F)c2)sc1C(=O)Nc1nc(C(F)(F)F)cs1. The van der Waals surface area contributed by atoms with Crippen molar-refractivity contribution in [3.8, 4) is 0 Å². The summed E-state index contributed by atoms with van der Waals surface area (Å²) in [5, 5.41) is 5.84. The van der Waals surface area contributed by atoms with Crippen molar-refractivity contribution in [3.63, 3.8) is 0 Å². The molecule has 5 nitrogen and oxygen atoms in total. The van der Waals surface area contributed by atoms with Crippen molar-refractivity contribution in [2.45, 2.75) is 13.1 Å². The Hall–Kier alpha value is -2.79. The highest BCUT2D eigenvalue weighted by Crippen LogP contribution is 2.32. The quantitative estimate of drug-likeness (QED) is 0.562. The number of nitrogens with one attached hydrogen (secondary N) is 2. The highest BCUT2D eigenvalue weighted by Gasteiger charge is 2.34. The third kappa shape index (κ3) is 4.54. The van der Waals surface area contributed by atoms with Crippen LogP contribution >= 0.6 is 22.7 Å². The number of hydrogen-bond donors (Lipinski definition) is 2. The van der Waals surface area contributed by atoms with Crippen LogP contribution in [0.5, 0.6) is 0 Å². The van der Waals surface area contributed by atoms with Gasteiger partial charge in [-0.15, -0.1) is 22.7 Å². The number of aromatic nitrogens is 1. The number of carbonyl (C=O) groups is 2. The number of thiazole rings is 1. The zero-order valence-corrected chi connectivity index (χ0v) is 15.7. The summed E-state index contributed by atoms with van der Waals surface area (Å²) in [6, 6.07) is 6.65. The lowest BCUT2D eigenvalue weighted by Crippen LogP contribution is -2.12. The number of nitrogens with zero attached hydrogens (tertiary/aromatic N) is 1. The monoisotopic (exact) mass is 429 g/mol. The number of alkyl halides is 3. The Balaban J connectivity index is 1.72. The molecule has 0 fully saturated rings. The number of hydrogen-bond acceptors (Lipinski definition) is 5.